The number of rotatable bonds is 4. The average molecular weight is 291 g/mol. The number of carbonyl (C=O) groups excluding carboxylic acids is 1. The number of nitrogens with one attached hydrogen (secondary N) is 1. The smallest absolute Gasteiger partial charge is 0.305 e. The molecule has 0 aromatic heterocycles. The van der Waals surface area contributed by atoms with Crippen LogP contribution in [-0.2, 0) is 19.8 Å². The Morgan fingerprint density at radius 3 is 2.53 bits per heavy atom. The Kier molecular flexibility index (Phi) is 4.07. The molecule has 0 radical (unpaired) electrons. The molecule has 9 heteroatoms. The van der Waals surface area contributed by atoms with Crippen molar-refractivity contribution in [3.8, 4) is 0 Å². The molecule has 2 aliphatic heterocycles. The van der Waals surface area contributed by atoms with Gasteiger partial charge in [-0.1, -0.05) is 0 Å². The summed E-state index contributed by atoms with van der Waals surface area (Å²) >= 11 is 0. The molecule has 8 nitrogen and oxygen atoms in total. The van der Waals surface area contributed by atoms with E-state index in [1.165, 1.54) is 4.31 Å². The quantitative estimate of drug-likeness (QED) is 0.662. The number of carboxylic acids is 1. The predicted molar refractivity (Wildman–Crippen MR) is 65.5 cm³/mol. The van der Waals surface area contributed by atoms with Gasteiger partial charge in [0.25, 0.3) is 10.2 Å². The van der Waals surface area contributed by atoms with Crippen molar-refractivity contribution in [1.29, 1.82) is 0 Å². The molecule has 1 amide bonds. The van der Waals surface area contributed by atoms with Crippen molar-refractivity contribution < 1.29 is 23.1 Å². The van der Waals surface area contributed by atoms with Crippen LogP contribution < -0.4 is 5.32 Å². The molecule has 2 N–H and O–H groups in total. The summed E-state index contributed by atoms with van der Waals surface area (Å²) in [5.74, 6) is -1.74. The molecule has 2 heterocycles. The fourth-order valence-corrected chi connectivity index (χ4v) is 4.23. The van der Waals surface area contributed by atoms with Crippen LogP contribution in [0, 0.1) is 0 Å². The molecular formula is C10H17N3O5S. The topological polar surface area (TPSA) is 107 Å². The summed E-state index contributed by atoms with van der Waals surface area (Å²) in [6.07, 6.45) is 1.07. The summed E-state index contributed by atoms with van der Waals surface area (Å²) in [6.45, 7) is 1.19. The second-order valence-electron chi connectivity index (χ2n) is 4.63. The highest BCUT2D eigenvalue weighted by Crippen LogP contribution is 2.21. The van der Waals surface area contributed by atoms with Crippen LogP contribution in [0.5, 0.6) is 0 Å². The lowest BCUT2D eigenvalue weighted by Gasteiger charge is -2.35. The highest BCUT2D eigenvalue weighted by Gasteiger charge is 2.42. The van der Waals surface area contributed by atoms with E-state index >= 15 is 0 Å². The lowest BCUT2D eigenvalue weighted by atomic mass is 10.1. The van der Waals surface area contributed by atoms with Crippen molar-refractivity contribution in [2.45, 2.75) is 25.3 Å². The number of amides is 1. The highest BCUT2D eigenvalue weighted by molar-refractivity contribution is 7.86. The molecule has 0 spiro atoms. The molecule has 0 saturated carbocycles. The number of carbonyl (C=O) groups is 2. The maximum Gasteiger partial charge on any atom is 0.305 e. The number of hydrogen-bond donors (Lipinski definition) is 2. The van der Waals surface area contributed by atoms with Crippen LogP contribution in [0.2, 0.25) is 0 Å². The third-order valence-electron chi connectivity index (χ3n) is 3.34. The van der Waals surface area contributed by atoms with E-state index in [1.54, 1.807) is 0 Å². The minimum atomic E-state index is -3.75. The van der Waals surface area contributed by atoms with Gasteiger partial charge in [-0.2, -0.15) is 17.0 Å². The van der Waals surface area contributed by atoms with Gasteiger partial charge in [0.2, 0.25) is 5.91 Å². The molecule has 2 aliphatic rings. The molecule has 0 aromatic rings. The Hall–Kier alpha value is -1.19. The Morgan fingerprint density at radius 1 is 1.32 bits per heavy atom. The van der Waals surface area contributed by atoms with E-state index < -0.39 is 34.5 Å². The standard InChI is InChI=1S/C10H17N3O5S/c14-9(15)7-8-10(16)11-3-6-13(8)19(17,18)12-4-1-2-5-12/h8H,1-7H2,(H,11,16)(H,14,15). The van der Waals surface area contributed by atoms with Gasteiger partial charge >= 0.3 is 5.97 Å². The molecule has 2 saturated heterocycles. The van der Waals surface area contributed by atoms with Crippen LogP contribution in [0.4, 0.5) is 0 Å². The van der Waals surface area contributed by atoms with Crippen LogP contribution in [0.25, 0.3) is 0 Å². The van der Waals surface area contributed by atoms with Crippen molar-refractivity contribution in [1.82, 2.24) is 13.9 Å². The fraction of sp³-hybridized carbons (Fsp3) is 0.800. The number of piperazine rings is 1. The normalized spacial score (nSPS) is 26.3. The van der Waals surface area contributed by atoms with Gasteiger partial charge < -0.3 is 10.4 Å². The Balaban J connectivity index is 2.23. The van der Waals surface area contributed by atoms with Gasteiger partial charge in [-0.05, 0) is 12.8 Å². The SMILES string of the molecule is O=C(O)CC1C(=O)NCCN1S(=O)(=O)N1CCCC1. The van der Waals surface area contributed by atoms with E-state index in [0.29, 0.717) is 13.1 Å². The van der Waals surface area contributed by atoms with Gasteiger partial charge in [0.05, 0.1) is 6.42 Å². The van der Waals surface area contributed by atoms with E-state index in [9.17, 15) is 18.0 Å². The number of hydrogen-bond acceptors (Lipinski definition) is 4. The van der Waals surface area contributed by atoms with Crippen molar-refractivity contribution in [2.24, 2.45) is 0 Å². The molecular weight excluding hydrogens is 274 g/mol. The molecule has 1 unspecified atom stereocenters. The largest absolute Gasteiger partial charge is 0.481 e. The Bertz CT molecular complexity index is 472. The number of carboxylic acid groups (broad SMARTS) is 1. The first-order valence-electron chi connectivity index (χ1n) is 6.19. The van der Waals surface area contributed by atoms with Crippen LogP contribution >= 0.6 is 0 Å². The van der Waals surface area contributed by atoms with E-state index in [0.717, 1.165) is 17.1 Å². The van der Waals surface area contributed by atoms with Crippen LogP contribution in [0.3, 0.4) is 0 Å². The molecule has 0 aliphatic carbocycles. The van der Waals surface area contributed by atoms with Gasteiger partial charge in [-0.15, -0.1) is 0 Å². The second kappa shape index (κ2) is 5.43. The Morgan fingerprint density at radius 2 is 1.95 bits per heavy atom. The highest BCUT2D eigenvalue weighted by atomic mass is 32.2. The second-order valence-corrected chi connectivity index (χ2v) is 6.51. The Labute approximate surface area is 111 Å². The predicted octanol–water partition coefficient (Wildman–Crippen LogP) is -1.40. The van der Waals surface area contributed by atoms with Crippen molar-refractivity contribution >= 4 is 22.1 Å². The number of aliphatic carboxylic acids is 1. The summed E-state index contributed by atoms with van der Waals surface area (Å²) < 4.78 is 27.1. The van der Waals surface area contributed by atoms with E-state index in [4.69, 9.17) is 5.11 Å². The third kappa shape index (κ3) is 2.88. The van der Waals surface area contributed by atoms with Crippen molar-refractivity contribution in [2.75, 3.05) is 26.2 Å². The van der Waals surface area contributed by atoms with Crippen LogP contribution in [-0.4, -0.2) is 66.2 Å². The molecule has 2 rings (SSSR count). The summed E-state index contributed by atoms with van der Waals surface area (Å²) in [5.41, 5.74) is 0. The zero-order valence-electron chi connectivity index (χ0n) is 10.4. The minimum absolute atomic E-state index is 0.114. The van der Waals surface area contributed by atoms with Gasteiger partial charge in [-0.3, -0.25) is 9.59 Å². The van der Waals surface area contributed by atoms with Gasteiger partial charge in [0.15, 0.2) is 0 Å². The molecule has 2 fully saturated rings. The number of nitrogens with zero attached hydrogens (tertiary/aromatic N) is 2. The van der Waals surface area contributed by atoms with E-state index in [-0.39, 0.29) is 13.1 Å². The minimum Gasteiger partial charge on any atom is -0.481 e. The lowest BCUT2D eigenvalue weighted by molar-refractivity contribution is -0.141. The van der Waals surface area contributed by atoms with Crippen molar-refractivity contribution in [3.05, 3.63) is 0 Å². The lowest BCUT2D eigenvalue weighted by Crippen LogP contribution is -2.60. The monoisotopic (exact) mass is 291 g/mol. The first kappa shape index (κ1) is 14.2. The van der Waals surface area contributed by atoms with E-state index in [1.807, 2.05) is 0 Å². The summed E-state index contributed by atoms with van der Waals surface area (Å²) in [7, 11) is -3.75. The van der Waals surface area contributed by atoms with Crippen LogP contribution in [0.15, 0.2) is 0 Å². The maximum atomic E-state index is 12.4. The van der Waals surface area contributed by atoms with Gasteiger partial charge in [0.1, 0.15) is 6.04 Å². The molecule has 19 heavy (non-hydrogen) atoms. The third-order valence-corrected chi connectivity index (χ3v) is 5.38. The molecule has 108 valence electrons. The van der Waals surface area contributed by atoms with Gasteiger partial charge in [-0.25, -0.2) is 0 Å². The molecule has 1 atom stereocenters. The van der Waals surface area contributed by atoms with Crippen LogP contribution in [0.1, 0.15) is 19.3 Å². The summed E-state index contributed by atoms with van der Waals surface area (Å²) in [4.78, 5) is 22.5. The molecule has 0 bridgehead atoms. The van der Waals surface area contributed by atoms with Gasteiger partial charge in [0, 0.05) is 26.2 Å². The first-order chi connectivity index (χ1) is 8.93. The maximum absolute atomic E-state index is 12.4. The molecule has 0 aromatic carbocycles. The summed E-state index contributed by atoms with van der Waals surface area (Å²) in [5, 5.41) is 11.3. The summed E-state index contributed by atoms with van der Waals surface area (Å²) in [6, 6.07) is -1.16. The average Bonchev–Trinajstić information content (AvgIpc) is 2.85. The zero-order valence-corrected chi connectivity index (χ0v) is 11.2. The zero-order chi connectivity index (χ0) is 14.0. The fourth-order valence-electron chi connectivity index (χ4n) is 2.40. The van der Waals surface area contributed by atoms with E-state index in [2.05, 4.69) is 5.32 Å². The van der Waals surface area contributed by atoms with Crippen molar-refractivity contribution in [3.63, 3.8) is 0 Å². The first-order valence-corrected chi connectivity index (χ1v) is 7.59.